The van der Waals surface area contributed by atoms with Crippen molar-refractivity contribution in [2.45, 2.75) is 79.2 Å². The van der Waals surface area contributed by atoms with E-state index in [1.165, 1.54) is 29.6 Å². The first-order chi connectivity index (χ1) is 15.6. The molecule has 2 rings (SSSR count). The SMILES string of the molecule is C[C@H](C[C@H](C)C[C@H](C)CCO)C[C@@H](C)CO[Si](c1ccccc1)(c1ccccc1)C(C)(C)C. The van der Waals surface area contributed by atoms with Crippen molar-refractivity contribution in [1.29, 1.82) is 0 Å². The fraction of sp³-hybridized carbons (Fsp3) is 0.600. The third kappa shape index (κ3) is 7.80. The first kappa shape index (κ1) is 27.8. The maximum absolute atomic E-state index is 9.19. The predicted molar refractivity (Wildman–Crippen MR) is 146 cm³/mol. The van der Waals surface area contributed by atoms with E-state index in [1.807, 2.05) is 0 Å². The summed E-state index contributed by atoms with van der Waals surface area (Å²) in [6, 6.07) is 21.9. The number of hydrogen-bond donors (Lipinski definition) is 1. The molecular weight excluding hydrogens is 420 g/mol. The Morgan fingerprint density at radius 1 is 0.697 bits per heavy atom. The second kappa shape index (κ2) is 12.9. The maximum Gasteiger partial charge on any atom is 0.261 e. The Bertz CT molecular complexity index is 744. The molecule has 0 radical (unpaired) electrons. The third-order valence-corrected chi connectivity index (χ3v) is 12.0. The van der Waals surface area contributed by atoms with Gasteiger partial charge >= 0.3 is 0 Å². The molecule has 0 spiro atoms. The van der Waals surface area contributed by atoms with Crippen LogP contribution in [-0.4, -0.2) is 26.6 Å². The van der Waals surface area contributed by atoms with Gasteiger partial charge in [-0.25, -0.2) is 0 Å². The molecule has 2 aromatic carbocycles. The lowest BCUT2D eigenvalue weighted by molar-refractivity contribution is 0.208. The molecule has 33 heavy (non-hydrogen) atoms. The summed E-state index contributed by atoms with van der Waals surface area (Å²) in [5.41, 5.74) is 0. The van der Waals surface area contributed by atoms with Gasteiger partial charge in [-0.05, 0) is 64.8 Å². The largest absolute Gasteiger partial charge is 0.407 e. The molecule has 2 nitrogen and oxygen atoms in total. The molecule has 0 amide bonds. The Hall–Kier alpha value is -1.42. The molecule has 0 fully saturated rings. The van der Waals surface area contributed by atoms with Crippen LogP contribution in [-0.2, 0) is 4.43 Å². The second-order valence-electron chi connectivity index (χ2n) is 11.6. The maximum atomic E-state index is 9.19. The van der Waals surface area contributed by atoms with Gasteiger partial charge in [-0.1, -0.05) is 109 Å². The van der Waals surface area contributed by atoms with Crippen LogP contribution >= 0.6 is 0 Å². The molecule has 3 heteroatoms. The van der Waals surface area contributed by atoms with Crippen molar-refractivity contribution in [2.75, 3.05) is 13.2 Å². The van der Waals surface area contributed by atoms with Gasteiger partial charge in [0.05, 0.1) is 0 Å². The van der Waals surface area contributed by atoms with Gasteiger partial charge in [-0.15, -0.1) is 0 Å². The van der Waals surface area contributed by atoms with Crippen LogP contribution < -0.4 is 10.4 Å². The summed E-state index contributed by atoms with van der Waals surface area (Å²) in [6.07, 6.45) is 4.57. The van der Waals surface area contributed by atoms with E-state index in [2.05, 4.69) is 109 Å². The Kier molecular flexibility index (Phi) is 10.9. The van der Waals surface area contributed by atoms with E-state index in [-0.39, 0.29) is 5.04 Å². The molecule has 1 N–H and O–H groups in total. The molecule has 0 saturated carbocycles. The fourth-order valence-electron chi connectivity index (χ4n) is 5.69. The van der Waals surface area contributed by atoms with Crippen LogP contribution in [0.4, 0.5) is 0 Å². The highest BCUT2D eigenvalue weighted by atomic mass is 28.4. The lowest BCUT2D eigenvalue weighted by Gasteiger charge is -2.43. The predicted octanol–water partition coefficient (Wildman–Crippen LogP) is 6.66. The summed E-state index contributed by atoms with van der Waals surface area (Å²) in [6.45, 7) is 17.5. The van der Waals surface area contributed by atoms with Crippen molar-refractivity contribution in [3.63, 3.8) is 0 Å². The van der Waals surface area contributed by atoms with Gasteiger partial charge in [0.2, 0.25) is 0 Å². The van der Waals surface area contributed by atoms with Gasteiger partial charge in [0.1, 0.15) is 0 Å². The summed E-state index contributed by atoms with van der Waals surface area (Å²) in [5, 5.41) is 11.9. The molecule has 0 aliphatic heterocycles. The number of benzene rings is 2. The van der Waals surface area contributed by atoms with E-state index in [9.17, 15) is 5.11 Å². The molecule has 0 bridgehead atoms. The van der Waals surface area contributed by atoms with Crippen LogP contribution in [0.5, 0.6) is 0 Å². The van der Waals surface area contributed by atoms with E-state index < -0.39 is 8.32 Å². The molecule has 0 saturated heterocycles. The lowest BCUT2D eigenvalue weighted by atomic mass is 9.85. The molecule has 4 atom stereocenters. The Morgan fingerprint density at radius 3 is 1.55 bits per heavy atom. The number of aliphatic hydroxyl groups excluding tert-OH is 1. The average molecular weight is 469 g/mol. The zero-order valence-corrected chi connectivity index (χ0v) is 23.2. The number of aliphatic hydroxyl groups is 1. The van der Waals surface area contributed by atoms with Gasteiger partial charge in [-0.2, -0.15) is 0 Å². The van der Waals surface area contributed by atoms with E-state index in [4.69, 9.17) is 4.43 Å². The number of hydrogen-bond acceptors (Lipinski definition) is 2. The summed E-state index contributed by atoms with van der Waals surface area (Å²) in [5.74, 6) is 2.50. The summed E-state index contributed by atoms with van der Waals surface area (Å²) in [7, 11) is -2.45. The zero-order valence-electron chi connectivity index (χ0n) is 22.2. The molecule has 2 aromatic rings. The molecule has 0 unspecified atom stereocenters. The van der Waals surface area contributed by atoms with E-state index in [0.717, 1.165) is 13.0 Å². The minimum atomic E-state index is -2.45. The Balaban J connectivity index is 2.13. The minimum Gasteiger partial charge on any atom is -0.407 e. The van der Waals surface area contributed by atoms with Gasteiger partial charge in [0.25, 0.3) is 8.32 Å². The van der Waals surface area contributed by atoms with Gasteiger partial charge in [0, 0.05) is 13.2 Å². The van der Waals surface area contributed by atoms with Crippen LogP contribution in [0.15, 0.2) is 60.7 Å². The normalized spacial score (nSPS) is 16.2. The molecule has 0 aliphatic carbocycles. The molecule has 0 aromatic heterocycles. The third-order valence-electron chi connectivity index (χ3n) is 7.04. The van der Waals surface area contributed by atoms with E-state index >= 15 is 0 Å². The summed E-state index contributed by atoms with van der Waals surface area (Å²) in [4.78, 5) is 0. The highest BCUT2D eigenvalue weighted by Crippen LogP contribution is 2.37. The average Bonchev–Trinajstić information content (AvgIpc) is 2.74. The Morgan fingerprint density at radius 2 is 1.12 bits per heavy atom. The van der Waals surface area contributed by atoms with Gasteiger partial charge < -0.3 is 9.53 Å². The van der Waals surface area contributed by atoms with Crippen LogP contribution in [0.1, 0.15) is 74.1 Å². The van der Waals surface area contributed by atoms with Crippen molar-refractivity contribution in [2.24, 2.45) is 23.7 Å². The smallest absolute Gasteiger partial charge is 0.261 e. The topological polar surface area (TPSA) is 29.5 Å². The van der Waals surface area contributed by atoms with E-state index in [1.54, 1.807) is 0 Å². The van der Waals surface area contributed by atoms with E-state index in [0.29, 0.717) is 30.3 Å². The Labute approximate surface area is 204 Å². The summed E-state index contributed by atoms with van der Waals surface area (Å²) < 4.78 is 7.14. The van der Waals surface area contributed by atoms with Crippen molar-refractivity contribution >= 4 is 18.7 Å². The quantitative estimate of drug-likeness (QED) is 0.333. The highest BCUT2D eigenvalue weighted by molar-refractivity contribution is 6.99. The highest BCUT2D eigenvalue weighted by Gasteiger charge is 2.50. The van der Waals surface area contributed by atoms with Crippen LogP contribution in [0.3, 0.4) is 0 Å². The molecule has 0 heterocycles. The number of rotatable bonds is 13. The zero-order chi connectivity index (χ0) is 24.5. The monoisotopic (exact) mass is 468 g/mol. The summed E-state index contributed by atoms with van der Waals surface area (Å²) >= 11 is 0. The molecule has 184 valence electrons. The minimum absolute atomic E-state index is 0.0262. The first-order valence-electron chi connectivity index (χ1n) is 13.0. The van der Waals surface area contributed by atoms with Gasteiger partial charge in [-0.3, -0.25) is 0 Å². The van der Waals surface area contributed by atoms with Crippen LogP contribution in [0, 0.1) is 23.7 Å². The lowest BCUT2D eigenvalue weighted by Crippen LogP contribution is -2.66. The van der Waals surface area contributed by atoms with Crippen molar-refractivity contribution in [3.05, 3.63) is 60.7 Å². The first-order valence-corrected chi connectivity index (χ1v) is 14.9. The van der Waals surface area contributed by atoms with Crippen molar-refractivity contribution < 1.29 is 9.53 Å². The standard InChI is InChI=1S/C30H48O2Si/c1-24(18-19-31)20-25(2)21-26(3)22-27(4)23-32-33(30(5,6)7,28-14-10-8-11-15-28)29-16-12-9-13-17-29/h8-17,24-27,31H,18-23H2,1-7H3/t24-,25-,26-,27-/m1/s1. The van der Waals surface area contributed by atoms with Crippen molar-refractivity contribution in [1.82, 2.24) is 0 Å². The van der Waals surface area contributed by atoms with Crippen molar-refractivity contribution in [3.8, 4) is 0 Å². The second-order valence-corrected chi connectivity index (χ2v) is 15.9. The van der Waals surface area contributed by atoms with Crippen LogP contribution in [0.25, 0.3) is 0 Å². The van der Waals surface area contributed by atoms with Gasteiger partial charge in [0.15, 0.2) is 0 Å². The molecular formula is C30H48O2Si. The molecule has 0 aliphatic rings. The fourth-order valence-corrected chi connectivity index (χ4v) is 10.4. The van der Waals surface area contributed by atoms with Crippen LogP contribution in [0.2, 0.25) is 5.04 Å².